The van der Waals surface area contributed by atoms with E-state index in [9.17, 15) is 5.26 Å². The minimum Gasteiger partial charge on any atom is -0.378 e. The second-order valence-corrected chi connectivity index (χ2v) is 12.8. The summed E-state index contributed by atoms with van der Waals surface area (Å²) in [5, 5.41) is 10.7. The number of ether oxygens (including phenoxy) is 1. The summed E-state index contributed by atoms with van der Waals surface area (Å²) in [4.78, 5) is 11.7. The van der Waals surface area contributed by atoms with E-state index in [1.165, 1.54) is 21.0 Å². The molecule has 2 atom stereocenters. The van der Waals surface area contributed by atoms with E-state index in [1.807, 2.05) is 24.5 Å². The van der Waals surface area contributed by atoms with Gasteiger partial charge in [0.15, 0.2) is 0 Å². The number of benzene rings is 2. The van der Waals surface area contributed by atoms with Crippen molar-refractivity contribution in [3.05, 3.63) is 84.7 Å². The van der Waals surface area contributed by atoms with Crippen LogP contribution in [0.15, 0.2) is 88.9 Å². The third-order valence-electron chi connectivity index (χ3n) is 8.90. The first kappa shape index (κ1) is 29.6. The zero-order valence-electron chi connectivity index (χ0n) is 24.6. The number of anilines is 1. The Morgan fingerprint density at radius 3 is 2.29 bits per heavy atom. The summed E-state index contributed by atoms with van der Waals surface area (Å²) in [5.41, 5.74) is 2.00. The number of likely N-dealkylation sites (tertiary alicyclic amines) is 1. The minimum atomic E-state index is -0.489. The van der Waals surface area contributed by atoms with Crippen molar-refractivity contribution in [1.29, 1.82) is 5.26 Å². The molecule has 0 spiro atoms. The molecule has 1 aromatic heterocycles. The van der Waals surface area contributed by atoms with Crippen molar-refractivity contribution in [2.75, 3.05) is 44.2 Å². The molecule has 2 saturated heterocycles. The van der Waals surface area contributed by atoms with Gasteiger partial charge in [0.1, 0.15) is 0 Å². The maximum absolute atomic E-state index is 10.7. The van der Waals surface area contributed by atoms with E-state index >= 15 is 0 Å². The molecule has 0 aliphatic carbocycles. The molecule has 5 nitrogen and oxygen atoms in total. The lowest BCUT2D eigenvalue weighted by molar-refractivity contribution is 0.0234. The van der Waals surface area contributed by atoms with Gasteiger partial charge < -0.3 is 14.5 Å². The molecule has 0 N–H and O–H groups in total. The average molecular weight is 569 g/mol. The fraction of sp³-hybridized carbons (Fsp3) is 0.486. The van der Waals surface area contributed by atoms with Crippen molar-refractivity contribution in [2.24, 2.45) is 11.8 Å². The number of rotatable bonds is 13. The van der Waals surface area contributed by atoms with Gasteiger partial charge in [0.25, 0.3) is 0 Å². The molecule has 5 rings (SSSR count). The standard InChI is InChI=1S/C35H44N4OS/c1-3-8-32(40-4-2)23-35(27-36,29-9-6-5-7-10-29)30-17-21-38(22-18-30)24-28-25-39(26-28)31-11-13-33(14-12-31)41-34-15-19-37-20-16-34/h5-7,9-16,19-20,28,30,32H,3-4,8,17-18,21-26H2,1-2H3. The van der Waals surface area contributed by atoms with E-state index in [2.05, 4.69) is 89.3 Å². The van der Waals surface area contributed by atoms with Crippen molar-refractivity contribution >= 4 is 17.4 Å². The highest BCUT2D eigenvalue weighted by Gasteiger charge is 2.44. The lowest BCUT2D eigenvalue weighted by Crippen LogP contribution is -2.53. The second kappa shape index (κ2) is 14.4. The van der Waals surface area contributed by atoms with E-state index < -0.39 is 5.41 Å². The quantitative estimate of drug-likeness (QED) is 0.214. The van der Waals surface area contributed by atoms with Crippen LogP contribution in [0.1, 0.15) is 51.5 Å². The fourth-order valence-corrected chi connectivity index (χ4v) is 7.56. The molecule has 6 heteroatoms. The van der Waals surface area contributed by atoms with Crippen LogP contribution in [-0.4, -0.2) is 55.3 Å². The van der Waals surface area contributed by atoms with Crippen molar-refractivity contribution in [2.45, 2.75) is 67.3 Å². The number of hydrogen-bond donors (Lipinski definition) is 0. The van der Waals surface area contributed by atoms with Crippen LogP contribution in [0.3, 0.4) is 0 Å². The first-order chi connectivity index (χ1) is 20.1. The van der Waals surface area contributed by atoms with Gasteiger partial charge in [0, 0.05) is 60.0 Å². The van der Waals surface area contributed by atoms with Crippen LogP contribution < -0.4 is 4.90 Å². The zero-order chi connectivity index (χ0) is 28.5. The monoisotopic (exact) mass is 568 g/mol. The average Bonchev–Trinajstić information content (AvgIpc) is 3.00. The summed E-state index contributed by atoms with van der Waals surface area (Å²) in [6, 6.07) is 26.5. The maximum Gasteiger partial charge on any atom is 0.0876 e. The summed E-state index contributed by atoms with van der Waals surface area (Å²) < 4.78 is 6.16. The van der Waals surface area contributed by atoms with Crippen LogP contribution in [0, 0.1) is 23.2 Å². The Morgan fingerprint density at radius 2 is 1.66 bits per heavy atom. The first-order valence-electron chi connectivity index (χ1n) is 15.4. The summed E-state index contributed by atoms with van der Waals surface area (Å²) in [6.07, 6.45) is 8.83. The second-order valence-electron chi connectivity index (χ2n) is 11.6. The van der Waals surface area contributed by atoms with Crippen LogP contribution in [0.4, 0.5) is 5.69 Å². The van der Waals surface area contributed by atoms with E-state index in [1.54, 1.807) is 11.8 Å². The molecular weight excluding hydrogens is 524 g/mol. The number of piperidine rings is 1. The van der Waals surface area contributed by atoms with Gasteiger partial charge in [-0.25, -0.2) is 0 Å². The van der Waals surface area contributed by atoms with Crippen molar-refractivity contribution < 1.29 is 4.74 Å². The molecule has 3 heterocycles. The number of hydrogen-bond acceptors (Lipinski definition) is 6. The third kappa shape index (κ3) is 7.33. The lowest BCUT2D eigenvalue weighted by Gasteiger charge is -2.46. The molecular formula is C35H44N4OS. The van der Waals surface area contributed by atoms with Gasteiger partial charge in [0.05, 0.1) is 17.6 Å². The fourth-order valence-electron chi connectivity index (χ4n) is 6.76. The Balaban J connectivity index is 1.14. The Labute approximate surface area is 250 Å². The Morgan fingerprint density at radius 1 is 0.976 bits per heavy atom. The van der Waals surface area contributed by atoms with Crippen LogP contribution in [-0.2, 0) is 10.2 Å². The number of pyridine rings is 1. The molecule has 0 amide bonds. The maximum atomic E-state index is 10.7. The van der Waals surface area contributed by atoms with Crippen molar-refractivity contribution in [3.8, 4) is 6.07 Å². The number of aromatic nitrogens is 1. The predicted octanol–water partition coefficient (Wildman–Crippen LogP) is 7.44. The topological polar surface area (TPSA) is 52.4 Å². The van der Waals surface area contributed by atoms with Gasteiger partial charge in [-0.2, -0.15) is 5.26 Å². The van der Waals surface area contributed by atoms with Crippen molar-refractivity contribution in [3.63, 3.8) is 0 Å². The van der Waals surface area contributed by atoms with Gasteiger partial charge in [0.2, 0.25) is 0 Å². The van der Waals surface area contributed by atoms with Crippen LogP contribution >= 0.6 is 11.8 Å². The molecule has 0 saturated carbocycles. The SMILES string of the molecule is CCCC(CC(C#N)(c1ccccc1)C1CCN(CC2CN(c3ccc(Sc4ccncc4)cc3)C2)CC1)OCC. The molecule has 2 unspecified atom stereocenters. The zero-order valence-corrected chi connectivity index (χ0v) is 25.4. The van der Waals surface area contributed by atoms with E-state index in [4.69, 9.17) is 4.74 Å². The number of nitrogens with zero attached hydrogens (tertiary/aromatic N) is 4. The van der Waals surface area contributed by atoms with Gasteiger partial charge in [-0.15, -0.1) is 0 Å². The van der Waals surface area contributed by atoms with E-state index in [0.717, 1.165) is 64.8 Å². The predicted molar refractivity (Wildman–Crippen MR) is 168 cm³/mol. The summed E-state index contributed by atoms with van der Waals surface area (Å²) in [7, 11) is 0. The molecule has 2 fully saturated rings. The van der Waals surface area contributed by atoms with Crippen LogP contribution in [0.2, 0.25) is 0 Å². The lowest BCUT2D eigenvalue weighted by atomic mass is 9.64. The van der Waals surface area contributed by atoms with Gasteiger partial charge in [-0.1, -0.05) is 55.4 Å². The van der Waals surface area contributed by atoms with Gasteiger partial charge in [-0.05, 0) is 93.6 Å². The molecule has 0 radical (unpaired) electrons. The van der Waals surface area contributed by atoms with Gasteiger partial charge in [-0.3, -0.25) is 4.98 Å². The first-order valence-corrected chi connectivity index (χ1v) is 16.2. The Kier molecular flexibility index (Phi) is 10.4. The molecule has 2 aliphatic heterocycles. The van der Waals surface area contributed by atoms with Crippen LogP contribution in [0.25, 0.3) is 0 Å². The highest BCUT2D eigenvalue weighted by atomic mass is 32.2. The third-order valence-corrected chi connectivity index (χ3v) is 9.91. The minimum absolute atomic E-state index is 0.132. The highest BCUT2D eigenvalue weighted by Crippen LogP contribution is 2.43. The molecule has 41 heavy (non-hydrogen) atoms. The normalized spacial score (nSPS) is 18.8. The highest BCUT2D eigenvalue weighted by molar-refractivity contribution is 7.99. The molecule has 2 aliphatic rings. The summed E-state index contributed by atoms with van der Waals surface area (Å²) in [5.74, 6) is 1.06. The van der Waals surface area contributed by atoms with E-state index in [0.29, 0.717) is 18.4 Å². The van der Waals surface area contributed by atoms with E-state index in [-0.39, 0.29) is 6.10 Å². The largest absolute Gasteiger partial charge is 0.378 e. The molecule has 0 bridgehead atoms. The molecule has 2 aromatic carbocycles. The summed E-state index contributed by atoms with van der Waals surface area (Å²) in [6.45, 7) is 10.5. The molecule has 216 valence electrons. The van der Waals surface area contributed by atoms with Gasteiger partial charge >= 0.3 is 0 Å². The summed E-state index contributed by atoms with van der Waals surface area (Å²) >= 11 is 1.77. The van der Waals surface area contributed by atoms with Crippen molar-refractivity contribution in [1.82, 2.24) is 9.88 Å². The molecule has 3 aromatic rings. The smallest absolute Gasteiger partial charge is 0.0876 e. The number of nitriles is 1. The van der Waals surface area contributed by atoms with Crippen LogP contribution in [0.5, 0.6) is 0 Å². The Bertz CT molecular complexity index is 1230. The Hall–Kier alpha value is -2.85.